The van der Waals surface area contributed by atoms with Crippen molar-refractivity contribution in [1.29, 1.82) is 0 Å². The van der Waals surface area contributed by atoms with E-state index < -0.39 is 5.60 Å². The van der Waals surface area contributed by atoms with E-state index in [1.165, 1.54) is 22.4 Å². The van der Waals surface area contributed by atoms with Gasteiger partial charge in [-0.05, 0) is 76.1 Å². The van der Waals surface area contributed by atoms with Crippen molar-refractivity contribution < 1.29 is 19.0 Å². The average Bonchev–Trinajstić information content (AvgIpc) is 2.87. The number of unbranched alkanes of at least 4 members (excludes halogenated alkanes) is 1. The molecule has 1 aromatic rings. The second-order valence-electron chi connectivity index (χ2n) is 8.99. The van der Waals surface area contributed by atoms with E-state index in [-0.39, 0.29) is 6.09 Å². The summed E-state index contributed by atoms with van der Waals surface area (Å²) >= 11 is 0. The zero-order valence-electron chi connectivity index (χ0n) is 18.7. The Morgan fingerprint density at radius 1 is 1.17 bits per heavy atom. The molecular formula is C23H36N2O4. The van der Waals surface area contributed by atoms with Crippen LogP contribution in [0.2, 0.25) is 0 Å². The van der Waals surface area contributed by atoms with Gasteiger partial charge in [0.25, 0.3) is 0 Å². The molecule has 6 nitrogen and oxygen atoms in total. The number of anilines is 1. The lowest BCUT2D eigenvalue weighted by molar-refractivity contribution is 0.0258. The summed E-state index contributed by atoms with van der Waals surface area (Å²) in [5.74, 6) is 0.991. The number of hydrogen-bond donors (Lipinski definition) is 0. The minimum Gasteiger partial charge on any atom is -0.490 e. The first-order chi connectivity index (χ1) is 13.8. The SMILES string of the molecule is COCCCCN1CCOc2cc3c(c(C)c21)CCN(C(=O)OC(C)(C)C)CC3. The van der Waals surface area contributed by atoms with Crippen molar-refractivity contribution in [2.24, 2.45) is 0 Å². The highest BCUT2D eigenvalue weighted by molar-refractivity contribution is 5.71. The van der Waals surface area contributed by atoms with Crippen molar-refractivity contribution in [2.75, 3.05) is 51.4 Å². The molecule has 0 unspecified atom stereocenters. The molecule has 29 heavy (non-hydrogen) atoms. The van der Waals surface area contributed by atoms with E-state index >= 15 is 0 Å². The molecule has 0 fully saturated rings. The number of fused-ring (bicyclic) bond motifs is 2. The third kappa shape index (κ3) is 5.35. The number of rotatable bonds is 5. The highest BCUT2D eigenvalue weighted by Gasteiger charge is 2.28. The number of ether oxygens (including phenoxy) is 3. The van der Waals surface area contributed by atoms with Crippen LogP contribution in [0.3, 0.4) is 0 Å². The van der Waals surface area contributed by atoms with Crippen LogP contribution < -0.4 is 9.64 Å². The summed E-state index contributed by atoms with van der Waals surface area (Å²) in [6, 6.07) is 2.21. The third-order valence-electron chi connectivity index (χ3n) is 5.63. The molecule has 1 aromatic carbocycles. The molecule has 3 rings (SSSR count). The van der Waals surface area contributed by atoms with Crippen molar-refractivity contribution >= 4 is 11.8 Å². The summed E-state index contributed by atoms with van der Waals surface area (Å²) in [5, 5.41) is 0. The van der Waals surface area contributed by atoms with Crippen LogP contribution in [0.5, 0.6) is 5.75 Å². The largest absolute Gasteiger partial charge is 0.490 e. The zero-order valence-corrected chi connectivity index (χ0v) is 18.7. The second kappa shape index (κ2) is 9.24. The molecule has 0 bridgehead atoms. The number of nitrogens with zero attached hydrogens (tertiary/aromatic N) is 2. The molecule has 6 heteroatoms. The van der Waals surface area contributed by atoms with Crippen LogP contribution in [0, 0.1) is 6.92 Å². The van der Waals surface area contributed by atoms with E-state index in [9.17, 15) is 4.79 Å². The molecule has 0 N–H and O–H groups in total. The van der Waals surface area contributed by atoms with Gasteiger partial charge in [-0.25, -0.2) is 4.79 Å². The molecule has 0 saturated heterocycles. The van der Waals surface area contributed by atoms with Crippen LogP contribution in [-0.4, -0.2) is 63.1 Å². The summed E-state index contributed by atoms with van der Waals surface area (Å²) in [5.41, 5.74) is 4.73. The number of carbonyl (C=O) groups is 1. The fourth-order valence-corrected chi connectivity index (χ4v) is 4.23. The Hall–Kier alpha value is -1.95. The number of amides is 1. The first kappa shape index (κ1) is 21.8. The van der Waals surface area contributed by atoms with Crippen molar-refractivity contribution in [1.82, 2.24) is 4.90 Å². The molecule has 0 spiro atoms. The van der Waals surface area contributed by atoms with Crippen LogP contribution in [-0.2, 0) is 22.3 Å². The molecule has 1 amide bonds. The number of benzene rings is 1. The van der Waals surface area contributed by atoms with Crippen LogP contribution in [0.25, 0.3) is 0 Å². The molecular weight excluding hydrogens is 368 g/mol. The summed E-state index contributed by atoms with van der Waals surface area (Å²) < 4.78 is 16.8. The second-order valence-corrected chi connectivity index (χ2v) is 8.99. The Kier molecular flexibility index (Phi) is 6.93. The number of methoxy groups -OCH3 is 1. The van der Waals surface area contributed by atoms with Gasteiger partial charge >= 0.3 is 6.09 Å². The highest BCUT2D eigenvalue weighted by Crippen LogP contribution is 2.40. The van der Waals surface area contributed by atoms with Crippen molar-refractivity contribution in [3.05, 3.63) is 22.8 Å². The number of hydrogen-bond acceptors (Lipinski definition) is 5. The van der Waals surface area contributed by atoms with Crippen LogP contribution >= 0.6 is 0 Å². The Balaban J connectivity index is 1.77. The topological polar surface area (TPSA) is 51.2 Å². The Morgan fingerprint density at radius 2 is 1.93 bits per heavy atom. The zero-order chi connectivity index (χ0) is 21.0. The van der Waals surface area contributed by atoms with Crippen molar-refractivity contribution in [3.63, 3.8) is 0 Å². The Morgan fingerprint density at radius 3 is 2.66 bits per heavy atom. The lowest BCUT2D eigenvalue weighted by Crippen LogP contribution is -2.38. The maximum Gasteiger partial charge on any atom is 0.410 e. The molecule has 2 aliphatic heterocycles. The van der Waals surface area contributed by atoms with Gasteiger partial charge in [0.2, 0.25) is 0 Å². The third-order valence-corrected chi connectivity index (χ3v) is 5.63. The van der Waals surface area contributed by atoms with Crippen LogP contribution in [0.1, 0.15) is 50.3 Å². The Labute approximate surface area is 175 Å². The summed E-state index contributed by atoms with van der Waals surface area (Å²) in [6.45, 7) is 12.8. The molecule has 0 aliphatic carbocycles. The molecule has 0 radical (unpaired) electrons. The van der Waals surface area contributed by atoms with Gasteiger partial charge in [-0.3, -0.25) is 0 Å². The summed E-state index contributed by atoms with van der Waals surface area (Å²) in [7, 11) is 1.75. The van der Waals surface area contributed by atoms with Crippen LogP contribution in [0.15, 0.2) is 6.07 Å². The molecule has 0 atom stereocenters. The average molecular weight is 405 g/mol. The standard InChI is InChI=1S/C23H36N2O4/c1-17-19-9-12-25(22(26)29-23(2,3)4)11-8-18(19)16-20-21(17)24(13-15-28-20)10-6-7-14-27-5/h16H,6-15H2,1-5H3. The molecule has 162 valence electrons. The number of carbonyl (C=O) groups excluding carboxylic acids is 1. The van der Waals surface area contributed by atoms with E-state index in [0.29, 0.717) is 13.1 Å². The predicted molar refractivity (Wildman–Crippen MR) is 115 cm³/mol. The first-order valence-corrected chi connectivity index (χ1v) is 10.8. The van der Waals surface area contributed by atoms with Gasteiger partial charge in [0.05, 0.1) is 12.2 Å². The van der Waals surface area contributed by atoms with E-state index in [4.69, 9.17) is 14.2 Å². The van der Waals surface area contributed by atoms with Crippen LogP contribution in [0.4, 0.5) is 10.5 Å². The van der Waals surface area contributed by atoms with Gasteiger partial charge in [-0.1, -0.05) is 0 Å². The monoisotopic (exact) mass is 404 g/mol. The van der Waals surface area contributed by atoms with E-state index in [2.05, 4.69) is 17.9 Å². The Bertz CT molecular complexity index is 727. The highest BCUT2D eigenvalue weighted by atomic mass is 16.6. The predicted octanol–water partition coefficient (Wildman–Crippen LogP) is 3.96. The molecule has 2 heterocycles. The summed E-state index contributed by atoms with van der Waals surface area (Å²) in [6.07, 6.45) is 3.64. The maximum atomic E-state index is 12.5. The fraction of sp³-hybridized carbons (Fsp3) is 0.696. The lowest BCUT2D eigenvalue weighted by Gasteiger charge is -2.34. The first-order valence-electron chi connectivity index (χ1n) is 10.8. The minimum atomic E-state index is -0.470. The van der Waals surface area contributed by atoms with Gasteiger partial charge in [-0.2, -0.15) is 0 Å². The smallest absolute Gasteiger partial charge is 0.410 e. The van der Waals surface area contributed by atoms with Gasteiger partial charge in [0.1, 0.15) is 18.0 Å². The molecule has 2 aliphatic rings. The summed E-state index contributed by atoms with van der Waals surface area (Å²) in [4.78, 5) is 16.8. The van der Waals surface area contributed by atoms with E-state index in [1.54, 1.807) is 7.11 Å². The van der Waals surface area contributed by atoms with E-state index in [1.807, 2.05) is 25.7 Å². The van der Waals surface area contributed by atoms with Crippen molar-refractivity contribution in [2.45, 2.75) is 59.0 Å². The molecule has 0 aromatic heterocycles. The lowest BCUT2D eigenvalue weighted by atomic mass is 9.94. The van der Waals surface area contributed by atoms with E-state index in [0.717, 1.165) is 57.7 Å². The van der Waals surface area contributed by atoms with Gasteiger partial charge in [0, 0.05) is 33.4 Å². The van der Waals surface area contributed by atoms with Gasteiger partial charge in [-0.15, -0.1) is 0 Å². The quantitative estimate of drug-likeness (QED) is 0.696. The van der Waals surface area contributed by atoms with Gasteiger partial charge < -0.3 is 24.0 Å². The van der Waals surface area contributed by atoms with Gasteiger partial charge in [0.15, 0.2) is 0 Å². The molecule has 0 saturated carbocycles. The minimum absolute atomic E-state index is 0.219. The fourth-order valence-electron chi connectivity index (χ4n) is 4.23. The normalized spacial score (nSPS) is 16.6. The maximum absolute atomic E-state index is 12.5. The van der Waals surface area contributed by atoms with Crippen molar-refractivity contribution in [3.8, 4) is 5.75 Å².